The maximum absolute atomic E-state index is 13.6. The van der Waals surface area contributed by atoms with Crippen LogP contribution in [-0.4, -0.2) is 27.9 Å². The molecule has 0 radical (unpaired) electrons. The molecule has 1 fully saturated rings. The maximum Gasteiger partial charge on any atom is 0.282 e. The SMILES string of the molecule is COc1cc(C=Nn2c(C3CCCCC3)nc3ccc(Br)cc3c2=O)c(Br)c(Cl)c1OCc1cccc([N+](=O)[O-])c1. The summed E-state index contributed by atoms with van der Waals surface area (Å²) in [5.41, 5.74) is 1.52. The third-order valence-corrected chi connectivity index (χ3v) is 8.93. The van der Waals surface area contributed by atoms with Gasteiger partial charge in [-0.25, -0.2) is 4.98 Å². The highest BCUT2D eigenvalue weighted by molar-refractivity contribution is 9.10. The van der Waals surface area contributed by atoms with Crippen molar-refractivity contribution in [3.63, 3.8) is 0 Å². The van der Waals surface area contributed by atoms with E-state index in [0.717, 1.165) is 30.2 Å². The van der Waals surface area contributed by atoms with Crippen LogP contribution < -0.4 is 15.0 Å². The summed E-state index contributed by atoms with van der Waals surface area (Å²) >= 11 is 13.7. The second kappa shape index (κ2) is 12.7. The van der Waals surface area contributed by atoms with Crippen molar-refractivity contribution in [1.82, 2.24) is 9.66 Å². The lowest BCUT2D eigenvalue weighted by atomic mass is 9.88. The Morgan fingerprint density at radius 3 is 2.68 bits per heavy atom. The van der Waals surface area contributed by atoms with Crippen LogP contribution in [0.3, 0.4) is 0 Å². The molecule has 0 bridgehead atoms. The van der Waals surface area contributed by atoms with E-state index in [0.29, 0.717) is 38.1 Å². The molecule has 12 heteroatoms. The van der Waals surface area contributed by atoms with Gasteiger partial charge in [-0.3, -0.25) is 14.9 Å². The van der Waals surface area contributed by atoms with E-state index in [1.54, 1.807) is 30.5 Å². The molecule has 0 atom stereocenters. The number of rotatable bonds is 8. The molecule has 212 valence electrons. The Bertz CT molecular complexity index is 1720. The fourth-order valence-corrected chi connectivity index (χ4v) is 5.94. The molecule has 1 heterocycles. The van der Waals surface area contributed by atoms with Crippen molar-refractivity contribution >= 4 is 66.3 Å². The number of aromatic nitrogens is 2. The number of hydrogen-bond acceptors (Lipinski definition) is 7. The van der Waals surface area contributed by atoms with E-state index in [1.807, 2.05) is 12.1 Å². The number of nitro groups is 1. The van der Waals surface area contributed by atoms with E-state index in [9.17, 15) is 14.9 Å². The number of halogens is 3. The van der Waals surface area contributed by atoms with Gasteiger partial charge in [-0.1, -0.05) is 58.9 Å². The zero-order chi connectivity index (χ0) is 29.1. The van der Waals surface area contributed by atoms with Gasteiger partial charge in [-0.05, 0) is 58.6 Å². The van der Waals surface area contributed by atoms with Crippen molar-refractivity contribution < 1.29 is 14.4 Å². The van der Waals surface area contributed by atoms with Gasteiger partial charge in [0.2, 0.25) is 0 Å². The largest absolute Gasteiger partial charge is 0.493 e. The van der Waals surface area contributed by atoms with Gasteiger partial charge in [0.05, 0.1) is 29.2 Å². The predicted octanol–water partition coefficient (Wildman–Crippen LogP) is 8.00. The summed E-state index contributed by atoms with van der Waals surface area (Å²) < 4.78 is 14.1. The number of ether oxygens (including phenoxy) is 2. The third-order valence-electron chi connectivity index (χ3n) is 7.00. The van der Waals surface area contributed by atoms with Crippen LogP contribution in [0.2, 0.25) is 5.02 Å². The molecule has 1 aliphatic carbocycles. The average molecular weight is 705 g/mol. The van der Waals surface area contributed by atoms with Crippen molar-refractivity contribution in [2.24, 2.45) is 5.10 Å². The van der Waals surface area contributed by atoms with Gasteiger partial charge >= 0.3 is 0 Å². The minimum absolute atomic E-state index is 0.0321. The fraction of sp³-hybridized carbons (Fsp3) is 0.276. The average Bonchev–Trinajstić information content (AvgIpc) is 2.98. The van der Waals surface area contributed by atoms with Crippen LogP contribution >= 0.6 is 43.5 Å². The first-order valence-electron chi connectivity index (χ1n) is 13.0. The first-order valence-corrected chi connectivity index (χ1v) is 14.9. The minimum atomic E-state index is -0.462. The number of methoxy groups -OCH3 is 1. The van der Waals surface area contributed by atoms with Gasteiger partial charge in [0.1, 0.15) is 17.5 Å². The molecule has 0 unspecified atom stereocenters. The zero-order valence-corrected chi connectivity index (χ0v) is 25.9. The van der Waals surface area contributed by atoms with Crippen LogP contribution in [0.5, 0.6) is 11.5 Å². The lowest BCUT2D eigenvalue weighted by Gasteiger charge is -2.22. The molecular formula is C29H25Br2ClN4O5. The van der Waals surface area contributed by atoms with E-state index in [2.05, 4.69) is 37.0 Å². The smallest absolute Gasteiger partial charge is 0.282 e. The molecule has 0 spiro atoms. The molecule has 41 heavy (non-hydrogen) atoms. The van der Waals surface area contributed by atoms with Gasteiger partial charge in [-0.2, -0.15) is 9.78 Å². The van der Waals surface area contributed by atoms with E-state index in [1.165, 1.54) is 30.3 Å². The standard InChI is InChI=1S/C29H25Br2ClN4O5/c1-40-24-13-19(25(31)26(32)27(24)41-16-17-6-5-9-21(12-17)36(38)39)15-33-35-28(18-7-3-2-4-8-18)34-23-11-10-20(30)14-22(23)29(35)37/h5-6,9-15,18H,2-4,7-8,16H2,1H3. The quantitative estimate of drug-likeness (QED) is 0.105. The summed E-state index contributed by atoms with van der Waals surface area (Å²) in [6.45, 7) is 0.0378. The van der Waals surface area contributed by atoms with Crippen molar-refractivity contribution in [3.8, 4) is 11.5 Å². The van der Waals surface area contributed by atoms with Gasteiger partial charge in [0.15, 0.2) is 11.5 Å². The van der Waals surface area contributed by atoms with Gasteiger partial charge in [0.25, 0.3) is 11.2 Å². The summed E-state index contributed by atoms with van der Waals surface area (Å²) in [5.74, 6) is 1.38. The van der Waals surface area contributed by atoms with Crippen LogP contribution in [-0.2, 0) is 6.61 Å². The summed E-state index contributed by atoms with van der Waals surface area (Å²) in [6, 6.07) is 13.3. The van der Waals surface area contributed by atoms with E-state index >= 15 is 0 Å². The molecule has 1 saturated carbocycles. The van der Waals surface area contributed by atoms with E-state index in [-0.39, 0.29) is 34.5 Å². The number of nitro benzene ring substituents is 1. The summed E-state index contributed by atoms with van der Waals surface area (Å²) in [6.07, 6.45) is 6.78. The number of nitrogens with zero attached hydrogens (tertiary/aromatic N) is 4. The first kappa shape index (κ1) is 29.2. The Kier molecular flexibility index (Phi) is 9.06. The second-order valence-electron chi connectivity index (χ2n) is 9.67. The Hall–Kier alpha value is -3.28. The molecular weight excluding hydrogens is 680 g/mol. The Morgan fingerprint density at radius 1 is 1.17 bits per heavy atom. The molecule has 0 N–H and O–H groups in total. The lowest BCUT2D eigenvalue weighted by molar-refractivity contribution is -0.384. The maximum atomic E-state index is 13.6. The Morgan fingerprint density at radius 2 is 1.95 bits per heavy atom. The van der Waals surface area contributed by atoms with Crippen LogP contribution in [0.4, 0.5) is 5.69 Å². The topological polar surface area (TPSA) is 109 Å². The van der Waals surface area contributed by atoms with Crippen molar-refractivity contribution in [2.45, 2.75) is 44.6 Å². The van der Waals surface area contributed by atoms with Crippen molar-refractivity contribution in [1.29, 1.82) is 0 Å². The van der Waals surface area contributed by atoms with Crippen LogP contribution in [0.25, 0.3) is 10.9 Å². The fourth-order valence-electron chi connectivity index (χ4n) is 4.92. The number of non-ortho nitro benzene ring substituents is 1. The highest BCUT2D eigenvalue weighted by Crippen LogP contribution is 2.42. The molecule has 1 aromatic heterocycles. The summed E-state index contributed by atoms with van der Waals surface area (Å²) in [7, 11) is 1.48. The zero-order valence-electron chi connectivity index (χ0n) is 22.0. The van der Waals surface area contributed by atoms with Crippen LogP contribution in [0.15, 0.2) is 67.4 Å². The molecule has 0 amide bonds. The van der Waals surface area contributed by atoms with Gasteiger partial charge < -0.3 is 9.47 Å². The number of hydrogen-bond donors (Lipinski definition) is 0. The molecule has 0 aliphatic heterocycles. The van der Waals surface area contributed by atoms with E-state index < -0.39 is 4.92 Å². The van der Waals surface area contributed by atoms with Crippen molar-refractivity contribution in [2.75, 3.05) is 7.11 Å². The normalized spacial score (nSPS) is 14.0. The molecule has 5 rings (SSSR count). The lowest BCUT2D eigenvalue weighted by Crippen LogP contribution is -2.25. The minimum Gasteiger partial charge on any atom is -0.493 e. The first-order chi connectivity index (χ1) is 19.8. The highest BCUT2D eigenvalue weighted by atomic mass is 79.9. The van der Waals surface area contributed by atoms with Crippen LogP contribution in [0, 0.1) is 10.1 Å². The predicted molar refractivity (Wildman–Crippen MR) is 166 cm³/mol. The monoisotopic (exact) mass is 702 g/mol. The summed E-state index contributed by atoms with van der Waals surface area (Å²) in [5, 5.41) is 16.4. The molecule has 0 saturated heterocycles. The molecule has 4 aromatic rings. The number of fused-ring (bicyclic) bond motifs is 1. The van der Waals surface area contributed by atoms with Crippen LogP contribution in [0.1, 0.15) is 55.0 Å². The highest BCUT2D eigenvalue weighted by Gasteiger charge is 2.23. The van der Waals surface area contributed by atoms with Gasteiger partial charge in [0, 0.05) is 32.6 Å². The molecule has 3 aromatic carbocycles. The van der Waals surface area contributed by atoms with Crippen molar-refractivity contribution in [3.05, 3.63) is 99.9 Å². The van der Waals surface area contributed by atoms with E-state index in [4.69, 9.17) is 26.1 Å². The second-order valence-corrected chi connectivity index (χ2v) is 11.8. The Labute approximate surface area is 257 Å². The number of benzene rings is 3. The third kappa shape index (κ3) is 6.32. The molecule has 9 nitrogen and oxygen atoms in total. The Balaban J connectivity index is 1.51. The molecule has 1 aliphatic rings. The summed E-state index contributed by atoms with van der Waals surface area (Å²) in [4.78, 5) is 29.2. The van der Waals surface area contributed by atoms with Gasteiger partial charge in [-0.15, -0.1) is 0 Å².